The molecule has 1 saturated carbocycles. The topological polar surface area (TPSA) is 15.3 Å². The first-order valence-electron chi connectivity index (χ1n) is 5.53. The summed E-state index contributed by atoms with van der Waals surface area (Å²) >= 11 is 0. The molecule has 2 nitrogen and oxygen atoms in total. The van der Waals surface area contributed by atoms with E-state index in [1.54, 1.807) is 0 Å². The molecule has 0 heterocycles. The number of hydrazine groups is 1. The Balaban J connectivity index is 2.22. The van der Waals surface area contributed by atoms with Crippen LogP contribution in [0.3, 0.4) is 0 Å². The third-order valence-corrected chi connectivity index (χ3v) is 3.16. The molecule has 0 aromatic carbocycles. The molecule has 1 aliphatic rings. The predicted molar refractivity (Wildman–Crippen MR) is 57.4 cm³/mol. The van der Waals surface area contributed by atoms with E-state index in [1.807, 2.05) is 0 Å². The van der Waals surface area contributed by atoms with E-state index in [-0.39, 0.29) is 0 Å². The quantitative estimate of drug-likeness (QED) is 0.677. The van der Waals surface area contributed by atoms with Gasteiger partial charge >= 0.3 is 0 Å². The molecule has 1 N–H and O–H groups in total. The number of hydrogen-bond donors (Lipinski definition) is 1. The zero-order valence-corrected chi connectivity index (χ0v) is 9.51. The third kappa shape index (κ3) is 3.65. The van der Waals surface area contributed by atoms with E-state index in [0.717, 1.165) is 17.9 Å². The average Bonchev–Trinajstić information content (AvgIpc) is 2.04. The standard InChI is InChI=1S/C11H24N2/c1-9(2)10-5-7-11(8-6-10)12-13(3)4/h9-12H,5-8H2,1-4H3. The van der Waals surface area contributed by atoms with E-state index >= 15 is 0 Å². The molecule has 0 amide bonds. The summed E-state index contributed by atoms with van der Waals surface area (Å²) < 4.78 is 0. The van der Waals surface area contributed by atoms with E-state index in [2.05, 4.69) is 38.4 Å². The Morgan fingerprint density at radius 3 is 2.00 bits per heavy atom. The van der Waals surface area contributed by atoms with Crippen molar-refractivity contribution in [2.45, 2.75) is 45.6 Å². The average molecular weight is 184 g/mol. The second-order valence-corrected chi connectivity index (χ2v) is 4.88. The van der Waals surface area contributed by atoms with Crippen LogP contribution in [0.5, 0.6) is 0 Å². The van der Waals surface area contributed by atoms with Gasteiger partial charge in [-0.3, -0.25) is 10.4 Å². The minimum atomic E-state index is 0.727. The van der Waals surface area contributed by atoms with Gasteiger partial charge in [0.05, 0.1) is 0 Å². The van der Waals surface area contributed by atoms with Crippen molar-refractivity contribution in [1.82, 2.24) is 10.4 Å². The van der Waals surface area contributed by atoms with Crippen molar-refractivity contribution in [3.63, 3.8) is 0 Å². The lowest BCUT2D eigenvalue weighted by Gasteiger charge is -2.32. The van der Waals surface area contributed by atoms with Crippen LogP contribution in [-0.4, -0.2) is 25.1 Å². The molecule has 1 fully saturated rings. The fourth-order valence-electron chi connectivity index (χ4n) is 2.28. The summed E-state index contributed by atoms with van der Waals surface area (Å²) in [6, 6.07) is 0.727. The highest BCUT2D eigenvalue weighted by molar-refractivity contribution is 4.77. The fraction of sp³-hybridized carbons (Fsp3) is 1.00. The molecule has 0 aliphatic heterocycles. The summed E-state index contributed by atoms with van der Waals surface area (Å²) in [5, 5.41) is 2.08. The lowest BCUT2D eigenvalue weighted by Crippen LogP contribution is -2.42. The van der Waals surface area contributed by atoms with E-state index in [1.165, 1.54) is 25.7 Å². The predicted octanol–water partition coefficient (Wildman–Crippen LogP) is 2.27. The first-order chi connectivity index (χ1) is 6.09. The van der Waals surface area contributed by atoms with E-state index < -0.39 is 0 Å². The molecule has 0 aromatic heterocycles. The van der Waals surface area contributed by atoms with Crippen molar-refractivity contribution in [3.8, 4) is 0 Å². The lowest BCUT2D eigenvalue weighted by molar-refractivity contribution is 0.168. The van der Waals surface area contributed by atoms with Crippen LogP contribution in [0.1, 0.15) is 39.5 Å². The highest BCUT2D eigenvalue weighted by Gasteiger charge is 2.22. The number of nitrogens with zero attached hydrogens (tertiary/aromatic N) is 1. The minimum absolute atomic E-state index is 0.727. The van der Waals surface area contributed by atoms with Crippen LogP contribution < -0.4 is 5.43 Å². The second kappa shape index (κ2) is 4.97. The van der Waals surface area contributed by atoms with Gasteiger partial charge in [0.1, 0.15) is 0 Å². The highest BCUT2D eigenvalue weighted by atomic mass is 15.5. The van der Waals surface area contributed by atoms with Crippen LogP contribution in [0, 0.1) is 11.8 Å². The monoisotopic (exact) mass is 184 g/mol. The molecule has 2 heteroatoms. The summed E-state index contributed by atoms with van der Waals surface area (Å²) in [7, 11) is 4.16. The van der Waals surface area contributed by atoms with Crippen LogP contribution >= 0.6 is 0 Å². The zero-order chi connectivity index (χ0) is 9.84. The Kier molecular flexibility index (Phi) is 4.20. The Labute approximate surface area is 82.7 Å². The molecule has 0 atom stereocenters. The molecule has 0 unspecified atom stereocenters. The molecular formula is C11H24N2. The van der Waals surface area contributed by atoms with E-state index in [0.29, 0.717) is 0 Å². The number of hydrogen-bond acceptors (Lipinski definition) is 2. The van der Waals surface area contributed by atoms with Gasteiger partial charge in [-0.05, 0) is 37.5 Å². The summed E-state index contributed by atoms with van der Waals surface area (Å²) in [6.07, 6.45) is 5.51. The Morgan fingerprint density at radius 2 is 1.62 bits per heavy atom. The van der Waals surface area contributed by atoms with Crippen molar-refractivity contribution in [2.24, 2.45) is 11.8 Å². The summed E-state index contributed by atoms with van der Waals surface area (Å²) in [5.41, 5.74) is 3.47. The van der Waals surface area contributed by atoms with Crippen LogP contribution in [0.4, 0.5) is 0 Å². The molecule has 1 aliphatic carbocycles. The molecule has 0 spiro atoms. The maximum Gasteiger partial charge on any atom is 0.0215 e. The maximum absolute atomic E-state index is 3.47. The van der Waals surface area contributed by atoms with Gasteiger partial charge in [-0.2, -0.15) is 0 Å². The fourth-order valence-corrected chi connectivity index (χ4v) is 2.28. The summed E-state index contributed by atoms with van der Waals surface area (Å²) in [5.74, 6) is 1.85. The normalized spacial score (nSPS) is 30.0. The van der Waals surface area contributed by atoms with Gasteiger partial charge in [0.25, 0.3) is 0 Å². The Hall–Kier alpha value is -0.0800. The molecule has 0 saturated heterocycles. The van der Waals surface area contributed by atoms with Gasteiger partial charge in [-0.15, -0.1) is 0 Å². The molecule has 0 radical (unpaired) electrons. The third-order valence-electron chi connectivity index (χ3n) is 3.16. The molecule has 78 valence electrons. The van der Waals surface area contributed by atoms with Gasteiger partial charge in [0.2, 0.25) is 0 Å². The smallest absolute Gasteiger partial charge is 0.0215 e. The van der Waals surface area contributed by atoms with Crippen LogP contribution in [0.15, 0.2) is 0 Å². The van der Waals surface area contributed by atoms with Gasteiger partial charge in [0, 0.05) is 20.1 Å². The first kappa shape index (κ1) is 11.0. The number of rotatable bonds is 3. The zero-order valence-electron chi connectivity index (χ0n) is 9.51. The lowest BCUT2D eigenvalue weighted by atomic mass is 9.80. The largest absolute Gasteiger partial charge is 0.253 e. The van der Waals surface area contributed by atoms with Gasteiger partial charge in [-0.25, -0.2) is 0 Å². The van der Waals surface area contributed by atoms with Crippen molar-refractivity contribution in [2.75, 3.05) is 14.1 Å². The van der Waals surface area contributed by atoms with Crippen molar-refractivity contribution < 1.29 is 0 Å². The van der Waals surface area contributed by atoms with Gasteiger partial charge in [-0.1, -0.05) is 13.8 Å². The van der Waals surface area contributed by atoms with Gasteiger partial charge < -0.3 is 0 Å². The molecule has 13 heavy (non-hydrogen) atoms. The van der Waals surface area contributed by atoms with Crippen molar-refractivity contribution in [3.05, 3.63) is 0 Å². The maximum atomic E-state index is 3.47. The molecule has 0 bridgehead atoms. The highest BCUT2D eigenvalue weighted by Crippen LogP contribution is 2.29. The number of nitrogens with one attached hydrogen (secondary N) is 1. The van der Waals surface area contributed by atoms with Crippen LogP contribution in [-0.2, 0) is 0 Å². The molecule has 1 rings (SSSR count). The van der Waals surface area contributed by atoms with Crippen molar-refractivity contribution in [1.29, 1.82) is 0 Å². The van der Waals surface area contributed by atoms with Crippen LogP contribution in [0.2, 0.25) is 0 Å². The Morgan fingerprint density at radius 1 is 1.08 bits per heavy atom. The summed E-state index contributed by atoms with van der Waals surface area (Å²) in [6.45, 7) is 4.70. The Bertz CT molecular complexity index is 135. The van der Waals surface area contributed by atoms with E-state index in [4.69, 9.17) is 0 Å². The molecular weight excluding hydrogens is 160 g/mol. The van der Waals surface area contributed by atoms with Crippen LogP contribution in [0.25, 0.3) is 0 Å². The SMILES string of the molecule is CC(C)C1CCC(NN(C)C)CC1. The summed E-state index contributed by atoms with van der Waals surface area (Å²) in [4.78, 5) is 0. The van der Waals surface area contributed by atoms with Gasteiger partial charge in [0.15, 0.2) is 0 Å². The van der Waals surface area contributed by atoms with E-state index in [9.17, 15) is 0 Å². The van der Waals surface area contributed by atoms with Crippen molar-refractivity contribution >= 4 is 0 Å². The molecule has 0 aromatic rings. The second-order valence-electron chi connectivity index (χ2n) is 4.88. The first-order valence-corrected chi connectivity index (χ1v) is 5.53. The minimum Gasteiger partial charge on any atom is -0.253 e.